The van der Waals surface area contributed by atoms with E-state index in [1.807, 2.05) is 13.0 Å². The lowest BCUT2D eigenvalue weighted by molar-refractivity contribution is 0.120. The zero-order valence-corrected chi connectivity index (χ0v) is 13.8. The lowest BCUT2D eigenvalue weighted by atomic mass is 9.65. The summed E-state index contributed by atoms with van der Waals surface area (Å²) >= 11 is 1.80. The average molecular weight is 314 g/mol. The zero-order valence-electron chi connectivity index (χ0n) is 13.0. The van der Waals surface area contributed by atoms with Gasteiger partial charge in [-0.1, -0.05) is 0 Å². The second-order valence-corrected chi connectivity index (χ2v) is 7.67. The second-order valence-electron chi connectivity index (χ2n) is 6.89. The highest BCUT2D eigenvalue weighted by Crippen LogP contribution is 2.49. The third kappa shape index (κ3) is 2.88. The first-order valence-corrected chi connectivity index (χ1v) is 8.94. The molecule has 0 radical (unpaired) electrons. The smallest absolute Gasteiger partial charge is 0.129 e. The Morgan fingerprint density at radius 3 is 3.09 bits per heavy atom. The van der Waals surface area contributed by atoms with Gasteiger partial charge in [0.2, 0.25) is 0 Å². The molecule has 1 saturated carbocycles. The number of thiophene rings is 1. The number of hydrogen-bond donors (Lipinski definition) is 1. The molecule has 0 amide bonds. The summed E-state index contributed by atoms with van der Waals surface area (Å²) in [6.07, 6.45) is 5.54. The molecule has 2 aromatic rings. The number of aryl methyl sites for hydroxylation is 1. The number of nitrogens with one attached hydrogen (secondary N) is 1. The van der Waals surface area contributed by atoms with E-state index in [2.05, 4.69) is 37.0 Å². The predicted octanol–water partition coefficient (Wildman–Crippen LogP) is 3.31. The van der Waals surface area contributed by atoms with Gasteiger partial charge >= 0.3 is 0 Å². The maximum absolute atomic E-state index is 4.31. The van der Waals surface area contributed by atoms with Crippen LogP contribution in [0, 0.1) is 12.3 Å². The normalized spacial score (nSPS) is 28.0. The van der Waals surface area contributed by atoms with Gasteiger partial charge in [0.15, 0.2) is 0 Å². The first-order chi connectivity index (χ1) is 10.7. The number of hydrogen-bond acceptors (Lipinski definition) is 5. The third-order valence-corrected chi connectivity index (χ3v) is 5.75. The summed E-state index contributed by atoms with van der Waals surface area (Å²) in [7, 11) is 0. The Morgan fingerprint density at radius 2 is 2.32 bits per heavy atom. The molecule has 5 heteroatoms. The second kappa shape index (κ2) is 5.63. The van der Waals surface area contributed by atoms with Crippen LogP contribution >= 0.6 is 11.3 Å². The number of likely N-dealkylation sites (tertiary alicyclic amines) is 1. The van der Waals surface area contributed by atoms with E-state index in [-0.39, 0.29) is 0 Å². The number of nitrogens with zero attached hydrogens (tertiary/aromatic N) is 3. The van der Waals surface area contributed by atoms with Crippen LogP contribution in [0.4, 0.5) is 5.82 Å². The van der Waals surface area contributed by atoms with Gasteiger partial charge in [-0.3, -0.25) is 4.90 Å². The van der Waals surface area contributed by atoms with Crippen LogP contribution in [-0.2, 0) is 6.54 Å². The monoisotopic (exact) mass is 314 g/mol. The summed E-state index contributed by atoms with van der Waals surface area (Å²) in [5, 5.41) is 8.01. The Bertz CT molecular complexity index is 634. The molecule has 1 N–H and O–H groups in total. The molecule has 2 fully saturated rings. The molecule has 4 rings (SSSR count). The highest BCUT2D eigenvalue weighted by atomic mass is 32.1. The Morgan fingerprint density at radius 1 is 1.41 bits per heavy atom. The maximum atomic E-state index is 4.31. The average Bonchev–Trinajstić information content (AvgIpc) is 3.09. The van der Waals surface area contributed by atoms with Crippen molar-refractivity contribution in [3.05, 3.63) is 40.5 Å². The minimum Gasteiger partial charge on any atom is -0.367 e. The van der Waals surface area contributed by atoms with Crippen molar-refractivity contribution in [3.63, 3.8) is 0 Å². The molecule has 1 spiro atoms. The lowest BCUT2D eigenvalue weighted by Gasteiger charge is -2.45. The van der Waals surface area contributed by atoms with Gasteiger partial charge in [-0.2, -0.15) is 11.3 Å². The molecule has 22 heavy (non-hydrogen) atoms. The lowest BCUT2D eigenvalue weighted by Crippen LogP contribution is -2.46. The summed E-state index contributed by atoms with van der Waals surface area (Å²) in [6, 6.07) is 4.86. The highest BCUT2D eigenvalue weighted by molar-refractivity contribution is 7.07. The van der Waals surface area contributed by atoms with Crippen molar-refractivity contribution >= 4 is 17.2 Å². The van der Waals surface area contributed by atoms with Gasteiger partial charge in [0.05, 0.1) is 0 Å². The van der Waals surface area contributed by atoms with Crippen LogP contribution in [0.3, 0.4) is 0 Å². The van der Waals surface area contributed by atoms with Crippen LogP contribution in [0.5, 0.6) is 0 Å². The first kappa shape index (κ1) is 14.2. The minimum atomic E-state index is 0.551. The molecular weight excluding hydrogens is 292 g/mol. The van der Waals surface area contributed by atoms with E-state index in [4.69, 9.17) is 0 Å². The Kier molecular flexibility index (Phi) is 3.62. The van der Waals surface area contributed by atoms with Crippen LogP contribution in [-0.4, -0.2) is 34.0 Å². The molecule has 0 aromatic carbocycles. The van der Waals surface area contributed by atoms with E-state index in [0.717, 1.165) is 18.1 Å². The fraction of sp³-hybridized carbons (Fsp3) is 0.529. The molecule has 0 bridgehead atoms. The van der Waals surface area contributed by atoms with Gasteiger partial charge < -0.3 is 5.32 Å². The Balaban J connectivity index is 1.29. The molecule has 2 aliphatic rings. The third-order valence-electron chi connectivity index (χ3n) is 5.02. The summed E-state index contributed by atoms with van der Waals surface area (Å²) in [6.45, 7) is 5.63. The molecule has 0 unspecified atom stereocenters. The topological polar surface area (TPSA) is 41.0 Å². The van der Waals surface area contributed by atoms with Crippen molar-refractivity contribution < 1.29 is 0 Å². The number of aromatic nitrogens is 2. The van der Waals surface area contributed by atoms with Gasteiger partial charge in [0.25, 0.3) is 0 Å². The van der Waals surface area contributed by atoms with E-state index in [9.17, 15) is 0 Å². The van der Waals surface area contributed by atoms with Crippen molar-refractivity contribution in [2.45, 2.75) is 38.8 Å². The number of anilines is 1. The number of rotatable bonds is 4. The SMILES string of the molecule is Cc1cc(NC2CC3(CCN(Cc4ccsc4)C3)C2)ncn1. The summed E-state index contributed by atoms with van der Waals surface area (Å²) in [5.74, 6) is 0.973. The van der Waals surface area contributed by atoms with E-state index in [1.165, 1.54) is 37.9 Å². The Hall–Kier alpha value is -1.46. The van der Waals surface area contributed by atoms with Crippen molar-refractivity contribution in [2.75, 3.05) is 18.4 Å². The van der Waals surface area contributed by atoms with Crippen LogP contribution < -0.4 is 5.32 Å². The van der Waals surface area contributed by atoms with Gasteiger partial charge in [0.1, 0.15) is 12.1 Å². The zero-order chi connectivity index (χ0) is 15.0. The molecule has 3 heterocycles. The van der Waals surface area contributed by atoms with Crippen molar-refractivity contribution in [1.29, 1.82) is 0 Å². The van der Waals surface area contributed by atoms with Crippen molar-refractivity contribution in [1.82, 2.24) is 14.9 Å². The Labute approximate surface area is 135 Å². The van der Waals surface area contributed by atoms with Gasteiger partial charge in [-0.15, -0.1) is 0 Å². The molecule has 1 aliphatic carbocycles. The molecule has 0 atom stereocenters. The van der Waals surface area contributed by atoms with Crippen LogP contribution in [0.1, 0.15) is 30.5 Å². The van der Waals surface area contributed by atoms with Gasteiger partial charge in [-0.05, 0) is 60.5 Å². The standard InChI is InChI=1S/C17H22N4S/c1-13-6-16(19-12-18-13)20-15-7-17(8-15)3-4-21(11-17)9-14-2-5-22-10-14/h2,5-6,10,12,15H,3-4,7-9,11H2,1H3,(H,18,19,20). The molecular formula is C17H22N4S. The molecule has 2 aromatic heterocycles. The van der Waals surface area contributed by atoms with Gasteiger partial charge in [0, 0.05) is 30.9 Å². The first-order valence-electron chi connectivity index (χ1n) is 7.99. The van der Waals surface area contributed by atoms with E-state index in [0.29, 0.717) is 11.5 Å². The minimum absolute atomic E-state index is 0.551. The van der Waals surface area contributed by atoms with Gasteiger partial charge in [-0.25, -0.2) is 9.97 Å². The fourth-order valence-corrected chi connectivity index (χ4v) is 4.63. The van der Waals surface area contributed by atoms with E-state index in [1.54, 1.807) is 17.7 Å². The van der Waals surface area contributed by atoms with E-state index >= 15 is 0 Å². The largest absolute Gasteiger partial charge is 0.367 e. The summed E-state index contributed by atoms with van der Waals surface area (Å²) < 4.78 is 0. The van der Waals surface area contributed by atoms with E-state index < -0.39 is 0 Å². The molecule has 1 aliphatic heterocycles. The highest BCUT2D eigenvalue weighted by Gasteiger charge is 2.48. The quantitative estimate of drug-likeness (QED) is 0.940. The summed E-state index contributed by atoms with van der Waals surface area (Å²) in [4.78, 5) is 11.1. The van der Waals surface area contributed by atoms with Crippen LogP contribution in [0.2, 0.25) is 0 Å². The summed E-state index contributed by atoms with van der Waals surface area (Å²) in [5.41, 5.74) is 3.04. The van der Waals surface area contributed by atoms with Crippen LogP contribution in [0.25, 0.3) is 0 Å². The molecule has 1 saturated heterocycles. The maximum Gasteiger partial charge on any atom is 0.129 e. The van der Waals surface area contributed by atoms with Crippen molar-refractivity contribution in [3.8, 4) is 0 Å². The molecule has 116 valence electrons. The predicted molar refractivity (Wildman–Crippen MR) is 90.1 cm³/mol. The fourth-order valence-electron chi connectivity index (χ4n) is 3.97. The van der Waals surface area contributed by atoms with Crippen LogP contribution in [0.15, 0.2) is 29.2 Å². The molecule has 4 nitrogen and oxygen atoms in total. The van der Waals surface area contributed by atoms with Crippen molar-refractivity contribution in [2.24, 2.45) is 5.41 Å².